The van der Waals surface area contributed by atoms with Crippen LogP contribution in [0.4, 0.5) is 0 Å². The summed E-state index contributed by atoms with van der Waals surface area (Å²) in [5, 5.41) is 0. The molecule has 0 fully saturated rings. The van der Waals surface area contributed by atoms with Crippen LogP contribution >= 0.6 is 19.2 Å². The lowest BCUT2D eigenvalue weighted by Gasteiger charge is -2.14. The highest BCUT2D eigenvalue weighted by Crippen LogP contribution is 2.47. The molecule has 0 rings (SSSR count). The van der Waals surface area contributed by atoms with Gasteiger partial charge in [0.25, 0.3) is 0 Å². The van der Waals surface area contributed by atoms with Crippen molar-refractivity contribution in [3.63, 3.8) is 0 Å². The van der Waals surface area contributed by atoms with Crippen molar-refractivity contribution >= 4 is 19.2 Å². The quantitative estimate of drug-likeness (QED) is 0.488. The van der Waals surface area contributed by atoms with E-state index in [-0.39, 0.29) is 6.61 Å². The maximum absolute atomic E-state index is 11.4. The lowest BCUT2D eigenvalue weighted by Crippen LogP contribution is -2.00. The molecule has 0 radical (unpaired) electrons. The van der Waals surface area contributed by atoms with Crippen LogP contribution < -0.4 is 0 Å². The molecule has 0 bridgehead atoms. The van der Waals surface area contributed by atoms with Crippen LogP contribution in [0.2, 0.25) is 0 Å². The molecule has 0 spiro atoms. The van der Waals surface area contributed by atoms with Gasteiger partial charge in [-0.15, -0.1) is 11.6 Å². The lowest BCUT2D eigenvalue weighted by atomic mass is 10.9. The predicted octanol–water partition coefficient (Wildman–Crippen LogP) is 2.49. The van der Waals surface area contributed by atoms with Crippen molar-refractivity contribution in [2.24, 2.45) is 0 Å². The Balaban J connectivity index is 3.79. The molecule has 0 amide bonds. The van der Waals surface area contributed by atoms with E-state index in [1.54, 1.807) is 13.8 Å². The Morgan fingerprint density at radius 1 is 1.36 bits per heavy atom. The standard InChI is InChI=1S/C6H14ClO3P/c1-3-9-11(8,4-2)10-6-5-7/h3-6H2,1-2H3. The number of hydrogen-bond acceptors (Lipinski definition) is 3. The zero-order chi connectivity index (χ0) is 8.74. The van der Waals surface area contributed by atoms with E-state index in [1.807, 2.05) is 0 Å². The van der Waals surface area contributed by atoms with Crippen molar-refractivity contribution in [2.45, 2.75) is 13.8 Å². The number of halogens is 1. The minimum atomic E-state index is -2.80. The van der Waals surface area contributed by atoms with Crippen molar-refractivity contribution < 1.29 is 13.6 Å². The van der Waals surface area contributed by atoms with Crippen LogP contribution in [-0.4, -0.2) is 25.3 Å². The summed E-state index contributed by atoms with van der Waals surface area (Å²) in [6.07, 6.45) is 0.401. The summed E-state index contributed by atoms with van der Waals surface area (Å²) in [4.78, 5) is 0. The van der Waals surface area contributed by atoms with Crippen LogP contribution in [0, 0.1) is 0 Å². The van der Waals surface area contributed by atoms with Gasteiger partial charge in [0.2, 0.25) is 0 Å². The maximum Gasteiger partial charge on any atom is 0.330 e. The van der Waals surface area contributed by atoms with E-state index < -0.39 is 7.60 Å². The summed E-state index contributed by atoms with van der Waals surface area (Å²) < 4.78 is 21.4. The third-order valence-electron chi connectivity index (χ3n) is 1.08. The van der Waals surface area contributed by atoms with E-state index in [0.717, 1.165) is 0 Å². The molecule has 5 heteroatoms. The van der Waals surface area contributed by atoms with E-state index >= 15 is 0 Å². The molecule has 11 heavy (non-hydrogen) atoms. The first-order valence-electron chi connectivity index (χ1n) is 3.62. The van der Waals surface area contributed by atoms with Crippen molar-refractivity contribution in [3.8, 4) is 0 Å². The fourth-order valence-corrected chi connectivity index (χ4v) is 1.98. The van der Waals surface area contributed by atoms with E-state index in [9.17, 15) is 4.57 Å². The van der Waals surface area contributed by atoms with E-state index in [2.05, 4.69) is 0 Å². The molecule has 0 saturated heterocycles. The second-order valence-corrected chi connectivity index (χ2v) is 4.62. The van der Waals surface area contributed by atoms with Crippen LogP contribution in [0.3, 0.4) is 0 Å². The van der Waals surface area contributed by atoms with E-state index in [4.69, 9.17) is 20.6 Å². The van der Waals surface area contributed by atoms with Crippen LogP contribution in [0.15, 0.2) is 0 Å². The van der Waals surface area contributed by atoms with Gasteiger partial charge in [-0.25, -0.2) is 0 Å². The van der Waals surface area contributed by atoms with Gasteiger partial charge in [-0.1, -0.05) is 6.92 Å². The molecule has 1 atom stereocenters. The molecule has 0 aliphatic rings. The topological polar surface area (TPSA) is 35.5 Å². The number of rotatable bonds is 6. The zero-order valence-electron chi connectivity index (χ0n) is 6.88. The second-order valence-electron chi connectivity index (χ2n) is 1.87. The molecular weight excluding hydrogens is 186 g/mol. The van der Waals surface area contributed by atoms with Gasteiger partial charge in [0, 0.05) is 12.0 Å². The minimum Gasteiger partial charge on any atom is -0.309 e. The Hall–Kier alpha value is 0.440. The fraction of sp³-hybridized carbons (Fsp3) is 1.00. The maximum atomic E-state index is 11.4. The molecule has 0 aromatic carbocycles. The van der Waals surface area contributed by atoms with Crippen molar-refractivity contribution in [1.82, 2.24) is 0 Å². The third-order valence-corrected chi connectivity index (χ3v) is 3.23. The monoisotopic (exact) mass is 200 g/mol. The Morgan fingerprint density at radius 2 is 2.00 bits per heavy atom. The summed E-state index contributed by atoms with van der Waals surface area (Å²) in [5.41, 5.74) is 0. The SMILES string of the molecule is CCOP(=O)(CC)OCCCl. The molecule has 0 aliphatic heterocycles. The van der Waals surface area contributed by atoms with E-state index in [1.165, 1.54) is 0 Å². The second kappa shape index (κ2) is 6.01. The van der Waals surface area contributed by atoms with Crippen LogP contribution in [0.5, 0.6) is 0 Å². The molecule has 0 N–H and O–H groups in total. The van der Waals surface area contributed by atoms with Gasteiger partial charge in [0.1, 0.15) is 0 Å². The van der Waals surface area contributed by atoms with Crippen molar-refractivity contribution in [2.75, 3.05) is 25.3 Å². The highest BCUT2D eigenvalue weighted by atomic mass is 35.5. The molecule has 1 unspecified atom stereocenters. The lowest BCUT2D eigenvalue weighted by molar-refractivity contribution is 0.222. The first-order chi connectivity index (χ1) is 5.18. The highest BCUT2D eigenvalue weighted by Gasteiger charge is 2.19. The Labute approximate surface area is 72.6 Å². The largest absolute Gasteiger partial charge is 0.330 e. The number of alkyl halides is 1. The summed E-state index contributed by atoms with van der Waals surface area (Å²) >= 11 is 5.36. The molecule has 68 valence electrons. The van der Waals surface area contributed by atoms with Gasteiger partial charge in [0.05, 0.1) is 13.2 Å². The average Bonchev–Trinajstić information content (AvgIpc) is 2.02. The van der Waals surface area contributed by atoms with Gasteiger partial charge >= 0.3 is 7.60 Å². The first-order valence-corrected chi connectivity index (χ1v) is 5.89. The first kappa shape index (κ1) is 11.4. The molecule has 0 aliphatic carbocycles. The van der Waals surface area contributed by atoms with Crippen molar-refractivity contribution in [1.29, 1.82) is 0 Å². The minimum absolute atomic E-state index is 0.284. The molecule has 0 aromatic rings. The van der Waals surface area contributed by atoms with Gasteiger partial charge in [-0.3, -0.25) is 4.57 Å². The summed E-state index contributed by atoms with van der Waals surface area (Å²) in [5.74, 6) is 0.344. The average molecular weight is 201 g/mol. The molecule has 0 heterocycles. The Morgan fingerprint density at radius 3 is 2.36 bits per heavy atom. The normalized spacial score (nSPS) is 16.3. The zero-order valence-corrected chi connectivity index (χ0v) is 8.53. The predicted molar refractivity (Wildman–Crippen MR) is 46.4 cm³/mol. The van der Waals surface area contributed by atoms with Gasteiger partial charge < -0.3 is 9.05 Å². The van der Waals surface area contributed by atoms with Crippen LogP contribution in [0.25, 0.3) is 0 Å². The molecule has 0 saturated carbocycles. The summed E-state index contributed by atoms with van der Waals surface area (Å²) in [6, 6.07) is 0. The fourth-order valence-electron chi connectivity index (χ4n) is 0.590. The summed E-state index contributed by atoms with van der Waals surface area (Å²) in [7, 11) is -2.80. The number of hydrogen-bond donors (Lipinski definition) is 0. The van der Waals surface area contributed by atoms with Crippen molar-refractivity contribution in [3.05, 3.63) is 0 Å². The summed E-state index contributed by atoms with van der Waals surface area (Å²) in [6.45, 7) is 4.25. The molecule has 0 aromatic heterocycles. The van der Waals surface area contributed by atoms with Gasteiger partial charge in [-0.2, -0.15) is 0 Å². The van der Waals surface area contributed by atoms with Gasteiger partial charge in [0.15, 0.2) is 0 Å². The third kappa shape index (κ3) is 4.81. The van der Waals surface area contributed by atoms with E-state index in [0.29, 0.717) is 18.6 Å². The highest BCUT2D eigenvalue weighted by molar-refractivity contribution is 7.53. The van der Waals surface area contributed by atoms with Crippen LogP contribution in [0.1, 0.15) is 13.8 Å². The molecular formula is C6H14ClO3P. The van der Waals surface area contributed by atoms with Crippen LogP contribution in [-0.2, 0) is 13.6 Å². The Kier molecular flexibility index (Phi) is 6.25. The smallest absolute Gasteiger partial charge is 0.309 e. The Bertz CT molecular complexity index is 140. The van der Waals surface area contributed by atoms with Gasteiger partial charge in [-0.05, 0) is 6.92 Å². The molecule has 3 nitrogen and oxygen atoms in total.